The van der Waals surface area contributed by atoms with Crippen LogP contribution >= 0.6 is 0 Å². The number of piperidine rings is 1. The van der Waals surface area contributed by atoms with E-state index in [-0.39, 0.29) is 17.5 Å². The largest absolute Gasteiger partial charge is 0.345 e. The minimum absolute atomic E-state index is 0.01000. The van der Waals surface area contributed by atoms with Gasteiger partial charge in [-0.05, 0) is 18.9 Å². The Balaban J connectivity index is 1.77. The Morgan fingerprint density at radius 1 is 1.48 bits per heavy atom. The lowest BCUT2D eigenvalue weighted by Gasteiger charge is -2.32. The Morgan fingerprint density at radius 2 is 2.33 bits per heavy atom. The van der Waals surface area contributed by atoms with Gasteiger partial charge in [0.05, 0.1) is 11.8 Å². The smallest absolute Gasteiger partial charge is 0.338 e. The highest BCUT2D eigenvalue weighted by Crippen LogP contribution is 2.25. The summed E-state index contributed by atoms with van der Waals surface area (Å²) in [4.78, 5) is 32.0. The number of nitrogens with one attached hydrogen (secondary N) is 1. The van der Waals surface area contributed by atoms with Gasteiger partial charge in [0.1, 0.15) is 0 Å². The van der Waals surface area contributed by atoms with Gasteiger partial charge in [0.15, 0.2) is 0 Å². The van der Waals surface area contributed by atoms with Crippen LogP contribution in [0.15, 0.2) is 29.5 Å². The average molecular weight is 287 g/mol. The summed E-state index contributed by atoms with van der Waals surface area (Å²) in [6.45, 7) is 1.34. The number of nitrogens with zero attached hydrogens (tertiary/aromatic N) is 4. The summed E-state index contributed by atoms with van der Waals surface area (Å²) in [5.74, 6) is 0.138. The molecule has 1 aliphatic heterocycles. The number of carbonyl (C=O) groups is 1. The molecule has 110 valence electrons. The maximum absolute atomic E-state index is 12.4. The van der Waals surface area contributed by atoms with Crippen LogP contribution in [0.3, 0.4) is 0 Å². The fourth-order valence-corrected chi connectivity index (χ4v) is 2.75. The molecule has 0 aromatic carbocycles. The van der Waals surface area contributed by atoms with E-state index < -0.39 is 0 Å². The van der Waals surface area contributed by atoms with Crippen molar-refractivity contribution in [3.05, 3.63) is 46.4 Å². The summed E-state index contributed by atoms with van der Waals surface area (Å²) in [7, 11) is 1.79. The molecule has 1 fully saturated rings. The van der Waals surface area contributed by atoms with Crippen molar-refractivity contribution in [2.75, 3.05) is 13.1 Å². The standard InChI is InChI=1S/C14H17N5O2/c1-18-8-11(7-16-18)13(20)19-6-2-3-10(9-19)12-4-5-15-14(21)17-12/h4-5,7-8,10H,2-3,6,9H2,1H3,(H,15,17,21)/t10-/m1/s1. The summed E-state index contributed by atoms with van der Waals surface area (Å²) < 4.78 is 1.62. The van der Waals surface area contributed by atoms with E-state index in [1.165, 1.54) is 6.20 Å². The SMILES string of the molecule is Cn1cc(C(=O)N2CCC[C@@H](c3ccnc(=O)[nH]3)C2)cn1. The number of likely N-dealkylation sites (tertiary alicyclic amines) is 1. The fraction of sp³-hybridized carbons (Fsp3) is 0.429. The molecule has 0 bridgehead atoms. The maximum Gasteiger partial charge on any atom is 0.345 e. The minimum atomic E-state index is -0.344. The second kappa shape index (κ2) is 5.51. The number of carbonyl (C=O) groups excluding carboxylic acids is 1. The van der Waals surface area contributed by atoms with Crippen LogP contribution in [0.1, 0.15) is 34.8 Å². The highest BCUT2D eigenvalue weighted by molar-refractivity contribution is 5.93. The van der Waals surface area contributed by atoms with E-state index in [1.54, 1.807) is 24.1 Å². The molecule has 2 aromatic heterocycles. The Kier molecular flexibility index (Phi) is 3.55. The summed E-state index contributed by atoms with van der Waals surface area (Å²) in [5.41, 5.74) is 1.10. The first-order chi connectivity index (χ1) is 10.1. The summed E-state index contributed by atoms with van der Waals surface area (Å²) >= 11 is 0. The van der Waals surface area contributed by atoms with Crippen LogP contribution in [0.25, 0.3) is 0 Å². The van der Waals surface area contributed by atoms with E-state index in [4.69, 9.17) is 0 Å². The lowest BCUT2D eigenvalue weighted by atomic mass is 9.94. The molecule has 0 saturated carbocycles. The molecule has 1 atom stereocenters. The second-order valence-electron chi connectivity index (χ2n) is 5.32. The predicted octanol–water partition coefficient (Wildman–Crippen LogP) is 0.523. The molecule has 1 saturated heterocycles. The summed E-state index contributed by atoms with van der Waals surface area (Å²) in [5, 5.41) is 4.03. The monoisotopic (exact) mass is 287 g/mol. The molecule has 0 spiro atoms. The third-order valence-electron chi connectivity index (χ3n) is 3.80. The summed E-state index contributed by atoms with van der Waals surface area (Å²) in [6, 6.07) is 1.81. The van der Waals surface area contributed by atoms with Crippen molar-refractivity contribution in [2.24, 2.45) is 7.05 Å². The molecule has 21 heavy (non-hydrogen) atoms. The topological polar surface area (TPSA) is 83.9 Å². The zero-order chi connectivity index (χ0) is 14.8. The van der Waals surface area contributed by atoms with Crippen molar-refractivity contribution >= 4 is 5.91 Å². The van der Waals surface area contributed by atoms with Crippen molar-refractivity contribution in [1.29, 1.82) is 0 Å². The van der Waals surface area contributed by atoms with Gasteiger partial charge in [-0.3, -0.25) is 9.48 Å². The van der Waals surface area contributed by atoms with Gasteiger partial charge in [0.25, 0.3) is 5.91 Å². The van der Waals surface area contributed by atoms with Crippen LogP contribution < -0.4 is 5.69 Å². The lowest BCUT2D eigenvalue weighted by Crippen LogP contribution is -2.39. The van der Waals surface area contributed by atoms with Crippen LogP contribution in [0.4, 0.5) is 0 Å². The number of aryl methyl sites for hydroxylation is 1. The molecule has 7 heteroatoms. The van der Waals surface area contributed by atoms with Crippen molar-refractivity contribution in [2.45, 2.75) is 18.8 Å². The number of rotatable bonds is 2. The molecule has 0 unspecified atom stereocenters. The first-order valence-corrected chi connectivity index (χ1v) is 6.96. The van der Waals surface area contributed by atoms with E-state index in [0.717, 1.165) is 25.1 Å². The van der Waals surface area contributed by atoms with Crippen molar-refractivity contribution in [1.82, 2.24) is 24.6 Å². The molecule has 3 heterocycles. The highest BCUT2D eigenvalue weighted by atomic mass is 16.2. The quantitative estimate of drug-likeness (QED) is 0.873. The van der Waals surface area contributed by atoms with Gasteiger partial charge in [-0.25, -0.2) is 9.78 Å². The molecule has 1 N–H and O–H groups in total. The molecule has 0 aliphatic carbocycles. The number of hydrogen-bond acceptors (Lipinski definition) is 4. The highest BCUT2D eigenvalue weighted by Gasteiger charge is 2.26. The zero-order valence-corrected chi connectivity index (χ0v) is 11.8. The van der Waals surface area contributed by atoms with E-state index >= 15 is 0 Å². The minimum Gasteiger partial charge on any atom is -0.338 e. The van der Waals surface area contributed by atoms with Crippen molar-refractivity contribution in [3.8, 4) is 0 Å². The lowest BCUT2D eigenvalue weighted by molar-refractivity contribution is 0.0705. The van der Waals surface area contributed by atoms with Crippen LogP contribution in [0, 0.1) is 0 Å². The average Bonchev–Trinajstić information content (AvgIpc) is 2.93. The van der Waals surface area contributed by atoms with Gasteiger partial charge >= 0.3 is 5.69 Å². The van der Waals surface area contributed by atoms with Gasteiger partial charge < -0.3 is 9.88 Å². The van der Waals surface area contributed by atoms with Gasteiger partial charge in [0.2, 0.25) is 0 Å². The van der Waals surface area contributed by atoms with Crippen LogP contribution in [-0.2, 0) is 7.05 Å². The third kappa shape index (κ3) is 2.86. The number of hydrogen-bond donors (Lipinski definition) is 1. The van der Waals surface area contributed by atoms with E-state index in [2.05, 4.69) is 15.1 Å². The first-order valence-electron chi connectivity index (χ1n) is 6.96. The number of amides is 1. The molecule has 1 amide bonds. The number of aromatic amines is 1. The van der Waals surface area contributed by atoms with Crippen LogP contribution in [-0.4, -0.2) is 43.6 Å². The van der Waals surface area contributed by atoms with Crippen molar-refractivity contribution < 1.29 is 4.79 Å². The zero-order valence-electron chi connectivity index (χ0n) is 11.8. The first kappa shape index (κ1) is 13.5. The fourth-order valence-electron chi connectivity index (χ4n) is 2.75. The van der Waals surface area contributed by atoms with Gasteiger partial charge in [-0.15, -0.1) is 0 Å². The predicted molar refractivity (Wildman–Crippen MR) is 75.9 cm³/mol. The van der Waals surface area contributed by atoms with Crippen LogP contribution in [0.5, 0.6) is 0 Å². The van der Waals surface area contributed by atoms with Gasteiger partial charge in [-0.2, -0.15) is 5.10 Å². The molecule has 0 radical (unpaired) electrons. The maximum atomic E-state index is 12.4. The van der Waals surface area contributed by atoms with E-state index in [0.29, 0.717) is 12.1 Å². The molecule has 7 nitrogen and oxygen atoms in total. The van der Waals surface area contributed by atoms with E-state index in [1.807, 2.05) is 11.0 Å². The Labute approximate surface area is 121 Å². The Bertz CT molecular complexity index is 705. The van der Waals surface area contributed by atoms with E-state index in [9.17, 15) is 9.59 Å². The van der Waals surface area contributed by atoms with Crippen molar-refractivity contribution in [3.63, 3.8) is 0 Å². The molecule has 2 aromatic rings. The molecule has 1 aliphatic rings. The second-order valence-corrected chi connectivity index (χ2v) is 5.32. The number of aromatic nitrogens is 4. The summed E-state index contributed by atoms with van der Waals surface area (Å²) in [6.07, 6.45) is 6.69. The number of H-pyrrole nitrogens is 1. The normalized spacial score (nSPS) is 18.7. The third-order valence-corrected chi connectivity index (χ3v) is 3.80. The van der Waals surface area contributed by atoms with Crippen LogP contribution in [0.2, 0.25) is 0 Å². The Morgan fingerprint density at radius 3 is 3.05 bits per heavy atom. The molecular weight excluding hydrogens is 270 g/mol. The van der Waals surface area contributed by atoms with Gasteiger partial charge in [-0.1, -0.05) is 0 Å². The van der Waals surface area contributed by atoms with Gasteiger partial charge in [0, 0.05) is 44.1 Å². The molecular formula is C14H17N5O2. The molecule has 3 rings (SSSR count). The Hall–Kier alpha value is -2.44.